The molecule has 0 bridgehead atoms. The molecule has 6 nitrogen and oxygen atoms in total. The van der Waals surface area contributed by atoms with Crippen LogP contribution in [0.1, 0.15) is 0 Å². The van der Waals surface area contributed by atoms with Crippen LogP contribution in [0.25, 0.3) is 10.9 Å². The summed E-state index contributed by atoms with van der Waals surface area (Å²) in [4.78, 5) is 14.7. The summed E-state index contributed by atoms with van der Waals surface area (Å²) in [5.41, 5.74) is 7.50. The number of pyridine rings is 1. The Morgan fingerprint density at radius 3 is 2.62 bits per heavy atom. The standard InChI is InChI=1S/C15H15N5O/c1-20(10-7-8-13(21-2)17-9-10)14-11-5-3-4-6-12(11)18-15(16)19-14/h3-9H,1-2H3,(H2,16,18,19). The lowest BCUT2D eigenvalue weighted by molar-refractivity contribution is 0.398. The second-order valence-electron chi connectivity index (χ2n) is 4.54. The summed E-state index contributed by atoms with van der Waals surface area (Å²) in [7, 11) is 3.50. The molecule has 3 aromatic rings. The first-order chi connectivity index (χ1) is 10.2. The van der Waals surface area contributed by atoms with Gasteiger partial charge in [0.25, 0.3) is 0 Å². The fourth-order valence-corrected chi connectivity index (χ4v) is 2.15. The van der Waals surface area contributed by atoms with Crippen molar-refractivity contribution in [1.29, 1.82) is 0 Å². The van der Waals surface area contributed by atoms with Gasteiger partial charge in [0.1, 0.15) is 5.82 Å². The van der Waals surface area contributed by atoms with Crippen molar-refractivity contribution in [2.75, 3.05) is 24.8 Å². The zero-order valence-electron chi connectivity index (χ0n) is 11.8. The van der Waals surface area contributed by atoms with E-state index in [0.717, 1.165) is 22.4 Å². The molecule has 0 unspecified atom stereocenters. The number of ether oxygens (including phenoxy) is 1. The Bertz CT molecular complexity index is 773. The third kappa shape index (κ3) is 2.43. The molecule has 0 aliphatic rings. The topological polar surface area (TPSA) is 77.2 Å². The van der Waals surface area contributed by atoms with Gasteiger partial charge in [-0.2, -0.15) is 4.98 Å². The Labute approximate surface area is 122 Å². The van der Waals surface area contributed by atoms with Crippen LogP contribution >= 0.6 is 0 Å². The van der Waals surface area contributed by atoms with Crippen LogP contribution in [0.3, 0.4) is 0 Å². The van der Waals surface area contributed by atoms with Crippen LogP contribution in [0.4, 0.5) is 17.5 Å². The minimum atomic E-state index is 0.247. The van der Waals surface area contributed by atoms with Crippen molar-refractivity contribution >= 4 is 28.4 Å². The molecular formula is C15H15N5O. The highest BCUT2D eigenvalue weighted by Crippen LogP contribution is 2.29. The van der Waals surface area contributed by atoms with E-state index in [0.29, 0.717) is 5.88 Å². The van der Waals surface area contributed by atoms with E-state index in [1.807, 2.05) is 42.3 Å². The monoisotopic (exact) mass is 281 g/mol. The van der Waals surface area contributed by atoms with Gasteiger partial charge in [0.05, 0.1) is 24.5 Å². The number of fused-ring (bicyclic) bond motifs is 1. The lowest BCUT2D eigenvalue weighted by atomic mass is 10.2. The lowest BCUT2D eigenvalue weighted by Crippen LogP contribution is -2.13. The van der Waals surface area contributed by atoms with Gasteiger partial charge in [-0.15, -0.1) is 0 Å². The zero-order valence-corrected chi connectivity index (χ0v) is 11.8. The zero-order chi connectivity index (χ0) is 14.8. The molecule has 2 heterocycles. The average Bonchev–Trinajstić information content (AvgIpc) is 2.53. The molecule has 0 saturated heterocycles. The first-order valence-corrected chi connectivity index (χ1v) is 6.45. The SMILES string of the molecule is COc1ccc(N(C)c2nc(N)nc3ccccc23)cn1. The van der Waals surface area contributed by atoms with Crippen molar-refractivity contribution in [3.05, 3.63) is 42.6 Å². The van der Waals surface area contributed by atoms with E-state index in [-0.39, 0.29) is 5.95 Å². The largest absolute Gasteiger partial charge is 0.481 e. The smallest absolute Gasteiger partial charge is 0.222 e. The van der Waals surface area contributed by atoms with Gasteiger partial charge >= 0.3 is 0 Å². The maximum Gasteiger partial charge on any atom is 0.222 e. The van der Waals surface area contributed by atoms with Crippen molar-refractivity contribution in [2.24, 2.45) is 0 Å². The molecular weight excluding hydrogens is 266 g/mol. The minimum Gasteiger partial charge on any atom is -0.481 e. The molecule has 1 aromatic carbocycles. The Hall–Kier alpha value is -2.89. The number of nitrogen functional groups attached to an aromatic ring is 1. The second-order valence-corrected chi connectivity index (χ2v) is 4.54. The molecule has 0 saturated carbocycles. The molecule has 0 radical (unpaired) electrons. The van der Waals surface area contributed by atoms with Gasteiger partial charge in [-0.05, 0) is 18.2 Å². The van der Waals surface area contributed by atoms with Gasteiger partial charge in [-0.25, -0.2) is 9.97 Å². The van der Waals surface area contributed by atoms with Crippen LogP contribution in [-0.4, -0.2) is 29.1 Å². The van der Waals surface area contributed by atoms with Gasteiger partial charge < -0.3 is 15.4 Å². The van der Waals surface area contributed by atoms with Crippen molar-refractivity contribution < 1.29 is 4.74 Å². The molecule has 21 heavy (non-hydrogen) atoms. The molecule has 0 spiro atoms. The maximum atomic E-state index is 5.80. The highest BCUT2D eigenvalue weighted by Gasteiger charge is 2.12. The summed E-state index contributed by atoms with van der Waals surface area (Å²) in [6.07, 6.45) is 1.73. The van der Waals surface area contributed by atoms with Crippen molar-refractivity contribution in [1.82, 2.24) is 15.0 Å². The molecule has 3 rings (SSSR count). The lowest BCUT2D eigenvalue weighted by Gasteiger charge is -2.20. The number of aromatic nitrogens is 3. The van der Waals surface area contributed by atoms with Gasteiger partial charge in [0.2, 0.25) is 11.8 Å². The predicted octanol–water partition coefficient (Wildman–Crippen LogP) is 2.38. The van der Waals surface area contributed by atoms with Crippen molar-refractivity contribution in [2.45, 2.75) is 0 Å². The number of anilines is 3. The quantitative estimate of drug-likeness (QED) is 0.794. The van der Waals surface area contributed by atoms with Crippen LogP contribution in [0, 0.1) is 0 Å². The Morgan fingerprint density at radius 2 is 1.90 bits per heavy atom. The number of nitrogens with two attached hydrogens (primary N) is 1. The van der Waals surface area contributed by atoms with Crippen molar-refractivity contribution in [3.63, 3.8) is 0 Å². The summed E-state index contributed by atoms with van der Waals surface area (Å²) < 4.78 is 5.07. The number of benzene rings is 1. The summed E-state index contributed by atoms with van der Waals surface area (Å²) in [6.45, 7) is 0. The van der Waals surface area contributed by atoms with Crippen LogP contribution in [-0.2, 0) is 0 Å². The van der Waals surface area contributed by atoms with Gasteiger partial charge in [-0.3, -0.25) is 0 Å². The molecule has 0 amide bonds. The Kier molecular flexibility index (Phi) is 3.27. The highest BCUT2D eigenvalue weighted by atomic mass is 16.5. The van der Waals surface area contributed by atoms with E-state index >= 15 is 0 Å². The van der Waals surface area contributed by atoms with Gasteiger partial charge in [-0.1, -0.05) is 12.1 Å². The summed E-state index contributed by atoms with van der Waals surface area (Å²) in [5, 5.41) is 0.935. The predicted molar refractivity (Wildman–Crippen MR) is 82.8 cm³/mol. The third-order valence-electron chi connectivity index (χ3n) is 3.24. The molecule has 0 fully saturated rings. The number of hydrogen-bond acceptors (Lipinski definition) is 6. The van der Waals surface area contributed by atoms with E-state index in [1.54, 1.807) is 19.4 Å². The fraction of sp³-hybridized carbons (Fsp3) is 0.133. The summed E-state index contributed by atoms with van der Waals surface area (Å²) >= 11 is 0. The summed E-state index contributed by atoms with van der Waals surface area (Å²) in [5.74, 6) is 1.56. The van der Waals surface area contributed by atoms with E-state index in [1.165, 1.54) is 0 Å². The first kappa shape index (κ1) is 13.1. The van der Waals surface area contributed by atoms with E-state index < -0.39 is 0 Å². The third-order valence-corrected chi connectivity index (χ3v) is 3.24. The number of para-hydroxylation sites is 1. The first-order valence-electron chi connectivity index (χ1n) is 6.45. The van der Waals surface area contributed by atoms with Gasteiger partial charge in [0.15, 0.2) is 0 Å². The van der Waals surface area contributed by atoms with E-state index in [9.17, 15) is 0 Å². The fourth-order valence-electron chi connectivity index (χ4n) is 2.15. The number of rotatable bonds is 3. The molecule has 2 aromatic heterocycles. The number of hydrogen-bond donors (Lipinski definition) is 1. The van der Waals surface area contributed by atoms with Gasteiger partial charge in [0, 0.05) is 18.5 Å². The van der Waals surface area contributed by atoms with Crippen LogP contribution in [0.5, 0.6) is 5.88 Å². The molecule has 6 heteroatoms. The average molecular weight is 281 g/mol. The Morgan fingerprint density at radius 1 is 1.10 bits per heavy atom. The molecule has 0 aliphatic heterocycles. The van der Waals surface area contributed by atoms with E-state index in [4.69, 9.17) is 10.5 Å². The Balaban J connectivity index is 2.09. The molecule has 0 aliphatic carbocycles. The van der Waals surface area contributed by atoms with Crippen LogP contribution in [0.2, 0.25) is 0 Å². The normalized spacial score (nSPS) is 10.6. The minimum absolute atomic E-state index is 0.247. The number of nitrogens with zero attached hydrogens (tertiary/aromatic N) is 4. The summed E-state index contributed by atoms with van der Waals surface area (Å²) in [6, 6.07) is 11.5. The highest BCUT2D eigenvalue weighted by molar-refractivity contribution is 5.92. The number of methoxy groups -OCH3 is 1. The van der Waals surface area contributed by atoms with Crippen LogP contribution < -0.4 is 15.4 Å². The molecule has 106 valence electrons. The van der Waals surface area contributed by atoms with Crippen molar-refractivity contribution in [3.8, 4) is 5.88 Å². The van der Waals surface area contributed by atoms with E-state index in [2.05, 4.69) is 15.0 Å². The maximum absolute atomic E-state index is 5.80. The second kappa shape index (κ2) is 5.24. The molecule has 2 N–H and O–H groups in total. The molecule has 0 atom stereocenters. The van der Waals surface area contributed by atoms with Crippen LogP contribution in [0.15, 0.2) is 42.6 Å².